The van der Waals surface area contributed by atoms with Crippen molar-refractivity contribution in [3.8, 4) is 5.75 Å². The van der Waals surface area contributed by atoms with E-state index < -0.39 is 0 Å². The number of Topliss-reactive ketones (excluding diaryl/α,β-unsaturated/α-hetero) is 1. The van der Waals surface area contributed by atoms with Crippen LogP contribution < -0.4 is 19.5 Å². The van der Waals surface area contributed by atoms with Crippen molar-refractivity contribution in [3.05, 3.63) is 84.2 Å². The minimum atomic E-state index is -0.224. The van der Waals surface area contributed by atoms with E-state index in [0.717, 1.165) is 24.2 Å². The molecule has 3 aromatic rings. The van der Waals surface area contributed by atoms with E-state index >= 15 is 0 Å². The molecule has 0 aliphatic heterocycles. The van der Waals surface area contributed by atoms with Gasteiger partial charge in [0.1, 0.15) is 5.75 Å². The molecule has 4 nitrogen and oxygen atoms in total. The lowest BCUT2D eigenvalue weighted by Gasteiger charge is -2.04. The molecule has 3 rings (SSSR count). The number of thiazole rings is 1. The number of hydrogen-bond acceptors (Lipinski definition) is 4. The number of carbonyl (C=O) groups excluding carboxylic acids is 1. The summed E-state index contributed by atoms with van der Waals surface area (Å²) in [7, 11) is 0. The molecule has 0 saturated carbocycles. The van der Waals surface area contributed by atoms with Gasteiger partial charge in [0.05, 0.1) is 15.8 Å². The monoisotopic (exact) mass is 413 g/mol. The van der Waals surface area contributed by atoms with Crippen LogP contribution in [0.4, 0.5) is 0 Å². The van der Waals surface area contributed by atoms with E-state index in [0.29, 0.717) is 26.4 Å². The van der Waals surface area contributed by atoms with Gasteiger partial charge in [0.25, 0.3) is 5.56 Å². The SMILES string of the molecule is CCCCOc1ccc(/C=c2\s/c(=C\C(=O)c3cccc(Cl)c3)[nH]c2=O)cc1. The maximum atomic E-state index is 12.3. The molecule has 0 unspecified atom stereocenters. The summed E-state index contributed by atoms with van der Waals surface area (Å²) in [6.45, 7) is 2.82. The zero-order chi connectivity index (χ0) is 19.9. The molecular weight excluding hydrogens is 394 g/mol. The van der Waals surface area contributed by atoms with Crippen LogP contribution >= 0.6 is 22.9 Å². The summed E-state index contributed by atoms with van der Waals surface area (Å²) >= 11 is 7.16. The van der Waals surface area contributed by atoms with Gasteiger partial charge in [-0.1, -0.05) is 49.2 Å². The smallest absolute Gasteiger partial charge is 0.266 e. The lowest BCUT2D eigenvalue weighted by atomic mass is 10.1. The Morgan fingerprint density at radius 1 is 1.21 bits per heavy atom. The Balaban J connectivity index is 1.81. The van der Waals surface area contributed by atoms with Gasteiger partial charge >= 0.3 is 0 Å². The van der Waals surface area contributed by atoms with Crippen LogP contribution in [0.3, 0.4) is 0 Å². The molecule has 144 valence electrons. The first kappa shape index (κ1) is 20.1. The Kier molecular flexibility index (Phi) is 6.85. The minimum Gasteiger partial charge on any atom is -0.494 e. The molecule has 0 spiro atoms. The zero-order valence-electron chi connectivity index (χ0n) is 15.4. The number of halogens is 1. The summed E-state index contributed by atoms with van der Waals surface area (Å²) in [5.74, 6) is 0.604. The molecule has 0 fully saturated rings. The fourth-order valence-electron chi connectivity index (χ4n) is 2.51. The fraction of sp³-hybridized carbons (Fsp3) is 0.182. The van der Waals surface area contributed by atoms with Gasteiger partial charge in [-0.05, 0) is 42.3 Å². The van der Waals surface area contributed by atoms with Crippen molar-refractivity contribution in [1.29, 1.82) is 0 Å². The second-order valence-corrected chi connectivity index (χ2v) is 7.74. The molecule has 2 aromatic carbocycles. The average molecular weight is 414 g/mol. The summed E-state index contributed by atoms with van der Waals surface area (Å²) in [5, 5.41) is 0.495. The maximum absolute atomic E-state index is 12.3. The summed E-state index contributed by atoms with van der Waals surface area (Å²) in [4.78, 5) is 27.3. The van der Waals surface area contributed by atoms with Crippen LogP contribution in [0.25, 0.3) is 12.2 Å². The van der Waals surface area contributed by atoms with E-state index in [1.807, 2.05) is 24.3 Å². The van der Waals surface area contributed by atoms with Crippen LogP contribution in [0.15, 0.2) is 53.3 Å². The van der Waals surface area contributed by atoms with Gasteiger partial charge in [-0.2, -0.15) is 0 Å². The van der Waals surface area contributed by atoms with Crippen LogP contribution in [0, 0.1) is 0 Å². The Morgan fingerprint density at radius 2 is 2.00 bits per heavy atom. The van der Waals surface area contributed by atoms with E-state index in [4.69, 9.17) is 16.3 Å². The average Bonchev–Trinajstić information content (AvgIpc) is 3.02. The number of carbonyl (C=O) groups is 1. The fourth-order valence-corrected chi connectivity index (χ4v) is 3.59. The van der Waals surface area contributed by atoms with Gasteiger partial charge in [-0.25, -0.2) is 0 Å². The normalized spacial score (nSPS) is 12.4. The molecule has 0 aliphatic rings. The molecule has 1 aromatic heterocycles. The number of aromatic nitrogens is 1. The molecule has 0 amide bonds. The summed E-state index contributed by atoms with van der Waals surface area (Å²) < 4.78 is 6.68. The summed E-state index contributed by atoms with van der Waals surface area (Å²) in [6, 6.07) is 14.3. The zero-order valence-corrected chi connectivity index (χ0v) is 17.0. The van der Waals surface area contributed by atoms with Crippen molar-refractivity contribution >= 4 is 40.9 Å². The van der Waals surface area contributed by atoms with Gasteiger partial charge in [0, 0.05) is 16.7 Å². The number of rotatable bonds is 7. The van der Waals surface area contributed by atoms with E-state index in [1.54, 1.807) is 30.3 Å². The topological polar surface area (TPSA) is 59.2 Å². The first-order chi connectivity index (χ1) is 13.5. The highest BCUT2D eigenvalue weighted by atomic mass is 35.5. The number of unbranched alkanes of at least 4 members (excludes halogenated alkanes) is 1. The Bertz CT molecular complexity index is 1130. The van der Waals surface area contributed by atoms with Crippen molar-refractivity contribution in [2.45, 2.75) is 19.8 Å². The number of benzene rings is 2. The van der Waals surface area contributed by atoms with E-state index in [-0.39, 0.29) is 11.3 Å². The lowest BCUT2D eigenvalue weighted by molar-refractivity contribution is 0.106. The van der Waals surface area contributed by atoms with Crippen molar-refractivity contribution in [2.75, 3.05) is 6.61 Å². The minimum absolute atomic E-state index is 0.208. The number of H-pyrrole nitrogens is 1. The van der Waals surface area contributed by atoms with Gasteiger partial charge in [-0.15, -0.1) is 11.3 Å². The molecule has 1 heterocycles. The molecule has 28 heavy (non-hydrogen) atoms. The van der Waals surface area contributed by atoms with Crippen molar-refractivity contribution < 1.29 is 9.53 Å². The van der Waals surface area contributed by atoms with Crippen molar-refractivity contribution in [1.82, 2.24) is 4.98 Å². The van der Waals surface area contributed by atoms with E-state index in [2.05, 4.69) is 11.9 Å². The predicted molar refractivity (Wildman–Crippen MR) is 115 cm³/mol. The Morgan fingerprint density at radius 3 is 2.71 bits per heavy atom. The third-order valence-electron chi connectivity index (χ3n) is 4.00. The number of aromatic amines is 1. The van der Waals surface area contributed by atoms with Crippen LogP contribution in [-0.2, 0) is 0 Å². The summed E-state index contributed by atoms with van der Waals surface area (Å²) in [5.41, 5.74) is 1.15. The van der Waals surface area contributed by atoms with Gasteiger partial charge < -0.3 is 9.72 Å². The third kappa shape index (κ3) is 5.44. The highest BCUT2D eigenvalue weighted by Crippen LogP contribution is 2.13. The number of hydrogen-bond donors (Lipinski definition) is 1. The second-order valence-electron chi connectivity index (χ2n) is 6.22. The molecule has 0 saturated heterocycles. The first-order valence-corrected chi connectivity index (χ1v) is 10.2. The number of ketones is 1. The van der Waals surface area contributed by atoms with Crippen molar-refractivity contribution in [2.24, 2.45) is 0 Å². The van der Waals surface area contributed by atoms with Crippen LogP contribution in [-0.4, -0.2) is 17.4 Å². The van der Waals surface area contributed by atoms with E-state index in [9.17, 15) is 9.59 Å². The first-order valence-electron chi connectivity index (χ1n) is 9.00. The van der Waals surface area contributed by atoms with Crippen LogP contribution in [0.2, 0.25) is 5.02 Å². The molecule has 1 N–H and O–H groups in total. The molecular formula is C22H20ClNO3S. The lowest BCUT2D eigenvalue weighted by Crippen LogP contribution is -2.20. The molecule has 0 bridgehead atoms. The highest BCUT2D eigenvalue weighted by Gasteiger charge is 2.04. The van der Waals surface area contributed by atoms with Gasteiger partial charge in [-0.3, -0.25) is 9.59 Å². The largest absolute Gasteiger partial charge is 0.494 e. The van der Waals surface area contributed by atoms with Gasteiger partial charge in [0.2, 0.25) is 0 Å². The Labute approximate surface area is 171 Å². The summed E-state index contributed by atoms with van der Waals surface area (Å²) in [6.07, 6.45) is 5.32. The molecule has 0 atom stereocenters. The van der Waals surface area contributed by atoms with Crippen LogP contribution in [0.1, 0.15) is 35.7 Å². The van der Waals surface area contributed by atoms with Crippen LogP contribution in [0.5, 0.6) is 5.75 Å². The van der Waals surface area contributed by atoms with E-state index in [1.165, 1.54) is 17.4 Å². The highest BCUT2D eigenvalue weighted by molar-refractivity contribution is 7.07. The Hall–Kier alpha value is -2.63. The predicted octanol–water partition coefficient (Wildman–Crippen LogP) is 3.76. The quantitative estimate of drug-likeness (QED) is 0.474. The molecule has 6 heteroatoms. The third-order valence-corrected chi connectivity index (χ3v) is 5.19. The van der Waals surface area contributed by atoms with Gasteiger partial charge in [0.15, 0.2) is 5.78 Å². The standard InChI is InChI=1S/C22H20ClNO3S/c1-2-3-11-27-18-9-7-15(8-10-18)12-20-22(26)24-21(28-20)14-19(25)16-5-4-6-17(23)13-16/h4-10,12-14H,2-3,11H2,1H3,(H,24,26)/b20-12-,21-14-. The second kappa shape index (κ2) is 9.53. The van der Waals surface area contributed by atoms with Crippen molar-refractivity contribution in [3.63, 3.8) is 0 Å². The maximum Gasteiger partial charge on any atom is 0.266 e. The number of ether oxygens (including phenoxy) is 1. The molecule has 0 radical (unpaired) electrons. The molecule has 0 aliphatic carbocycles. The number of nitrogens with one attached hydrogen (secondary N) is 1.